The Morgan fingerprint density at radius 3 is 1.76 bits per heavy atom. The van der Waals surface area contributed by atoms with Crippen molar-refractivity contribution in [2.45, 2.75) is 0 Å². The number of hydrogen-bond donors (Lipinski definition) is 0. The molecule has 0 unspecified atom stereocenters. The summed E-state index contributed by atoms with van der Waals surface area (Å²) in [6.45, 7) is 0. The van der Waals surface area contributed by atoms with Gasteiger partial charge in [0.25, 0.3) is 0 Å². The van der Waals surface area contributed by atoms with E-state index >= 15 is 0 Å². The Labute approximate surface area is 295 Å². The monoisotopic (exact) mass is 667 g/mol. The van der Waals surface area contributed by atoms with Gasteiger partial charge in [0.15, 0.2) is 17.5 Å². The highest BCUT2D eigenvalue weighted by atomic mass is 32.1. The average Bonchev–Trinajstić information content (AvgIpc) is 3.83. The van der Waals surface area contributed by atoms with Crippen molar-refractivity contribution in [2.75, 3.05) is 0 Å². The van der Waals surface area contributed by atoms with Crippen LogP contribution in [0.4, 0.5) is 0 Å². The molecule has 236 valence electrons. The molecule has 0 aliphatic carbocycles. The van der Waals surface area contributed by atoms with Gasteiger partial charge < -0.3 is 8.97 Å². The highest BCUT2D eigenvalue weighted by molar-refractivity contribution is 7.26. The Balaban J connectivity index is 1.16. The maximum atomic E-state index is 5.05. The lowest BCUT2D eigenvalue weighted by atomic mass is 10.0. The molecule has 6 heteroatoms. The predicted molar refractivity (Wildman–Crippen MR) is 212 cm³/mol. The largest absolute Gasteiger partial charge is 0.309 e. The summed E-state index contributed by atoms with van der Waals surface area (Å²) >= 11 is 1.89. The van der Waals surface area contributed by atoms with Crippen LogP contribution < -0.4 is 0 Å². The minimum atomic E-state index is 0.643. The fourth-order valence-corrected chi connectivity index (χ4v) is 9.48. The zero-order valence-corrected chi connectivity index (χ0v) is 27.9. The quantitative estimate of drug-likeness (QED) is 0.188. The Bertz CT molecular complexity index is 3240. The van der Waals surface area contributed by atoms with Gasteiger partial charge in [-0.3, -0.25) is 0 Å². The lowest BCUT2D eigenvalue weighted by molar-refractivity contribution is 1.07. The van der Waals surface area contributed by atoms with Crippen LogP contribution in [0.15, 0.2) is 152 Å². The van der Waals surface area contributed by atoms with E-state index in [2.05, 4.69) is 100.0 Å². The van der Waals surface area contributed by atoms with Crippen LogP contribution in [0, 0.1) is 0 Å². The second-order valence-electron chi connectivity index (χ2n) is 13.2. The highest BCUT2D eigenvalue weighted by Crippen LogP contribution is 2.50. The molecule has 12 rings (SSSR count). The van der Waals surface area contributed by atoms with Crippen molar-refractivity contribution in [1.29, 1.82) is 0 Å². The maximum Gasteiger partial charge on any atom is 0.164 e. The molecule has 0 bridgehead atoms. The number of para-hydroxylation sites is 1. The van der Waals surface area contributed by atoms with Crippen LogP contribution in [0.1, 0.15) is 0 Å². The van der Waals surface area contributed by atoms with E-state index in [9.17, 15) is 0 Å². The first-order chi connectivity index (χ1) is 25.3. The predicted octanol–water partition coefficient (Wildman–Crippen LogP) is 11.8. The van der Waals surface area contributed by atoms with E-state index in [1.54, 1.807) is 0 Å². The SMILES string of the molecule is c1ccc(-c2nc(-c3ccccc3)nc(-c3cccc(-n4c5ccc6sc7ccc8c9ccccc9n9c%10cccc4c%10c5c6c7c89)c3)n2)cc1. The van der Waals surface area contributed by atoms with Crippen LogP contribution in [0.5, 0.6) is 0 Å². The minimum Gasteiger partial charge on any atom is -0.309 e. The first-order valence-corrected chi connectivity index (χ1v) is 17.9. The van der Waals surface area contributed by atoms with Gasteiger partial charge in [0.05, 0.1) is 27.6 Å². The zero-order chi connectivity index (χ0) is 33.2. The van der Waals surface area contributed by atoms with E-state index in [4.69, 9.17) is 15.0 Å². The van der Waals surface area contributed by atoms with Crippen molar-refractivity contribution >= 4 is 80.6 Å². The van der Waals surface area contributed by atoms with Gasteiger partial charge in [0.1, 0.15) is 0 Å². The summed E-state index contributed by atoms with van der Waals surface area (Å²) in [5.41, 5.74) is 10.0. The van der Waals surface area contributed by atoms with Crippen molar-refractivity contribution in [3.05, 3.63) is 152 Å². The minimum absolute atomic E-state index is 0.643. The Hall–Kier alpha value is -6.63. The van der Waals surface area contributed by atoms with Gasteiger partial charge in [-0.2, -0.15) is 0 Å². The molecular weight excluding hydrogens is 643 g/mol. The number of fused-ring (bicyclic) bond motifs is 4. The van der Waals surface area contributed by atoms with Gasteiger partial charge >= 0.3 is 0 Å². The molecule has 0 spiro atoms. The van der Waals surface area contributed by atoms with E-state index in [-0.39, 0.29) is 0 Å². The topological polar surface area (TPSA) is 48.0 Å². The van der Waals surface area contributed by atoms with Crippen molar-refractivity contribution in [3.63, 3.8) is 0 Å². The number of hydrogen-bond acceptors (Lipinski definition) is 4. The normalized spacial score (nSPS) is 12.3. The number of aromatic nitrogens is 5. The summed E-state index contributed by atoms with van der Waals surface area (Å²) in [7, 11) is 0. The van der Waals surface area contributed by atoms with E-state index in [0.717, 1.165) is 22.4 Å². The molecule has 5 nitrogen and oxygen atoms in total. The van der Waals surface area contributed by atoms with E-state index in [0.29, 0.717) is 17.5 Å². The third-order valence-corrected chi connectivity index (χ3v) is 11.6. The Morgan fingerprint density at radius 1 is 0.392 bits per heavy atom. The smallest absolute Gasteiger partial charge is 0.164 e. The van der Waals surface area contributed by atoms with E-state index < -0.39 is 0 Å². The van der Waals surface area contributed by atoms with E-state index in [1.807, 2.05) is 72.0 Å². The van der Waals surface area contributed by atoms with Gasteiger partial charge in [-0.1, -0.05) is 103 Å². The second kappa shape index (κ2) is 9.97. The molecule has 5 heterocycles. The second-order valence-corrected chi connectivity index (χ2v) is 14.3. The number of benzene rings is 7. The molecule has 0 N–H and O–H groups in total. The van der Waals surface area contributed by atoms with Crippen LogP contribution in [-0.2, 0) is 0 Å². The van der Waals surface area contributed by atoms with Crippen LogP contribution in [0.25, 0.3) is 109 Å². The van der Waals surface area contributed by atoms with Crippen molar-refractivity contribution in [1.82, 2.24) is 23.9 Å². The van der Waals surface area contributed by atoms with Gasteiger partial charge in [0, 0.05) is 64.1 Å². The summed E-state index contributed by atoms with van der Waals surface area (Å²) in [6.07, 6.45) is 0. The molecule has 5 aromatic heterocycles. The van der Waals surface area contributed by atoms with Gasteiger partial charge in [-0.25, -0.2) is 15.0 Å². The molecule has 0 aliphatic heterocycles. The standard InChI is InChI=1S/C45H25N5S/c1-3-11-26(12-4-1)43-46-44(27-13-5-2-6-14-27)48-45(47-43)28-15-9-16-29(25-28)49-33-19-10-20-34-38(33)39-35(49)22-24-36-40(39)41-37(51-36)23-21-31-30-17-7-8-18-32(30)50(34)42(31)41/h1-25H. The van der Waals surface area contributed by atoms with Gasteiger partial charge in [-0.05, 0) is 48.5 Å². The molecule has 7 aromatic carbocycles. The molecule has 12 aromatic rings. The fraction of sp³-hybridized carbons (Fsp3) is 0. The summed E-state index contributed by atoms with van der Waals surface area (Å²) in [4.78, 5) is 15.0. The lowest BCUT2D eigenvalue weighted by Crippen LogP contribution is -2.01. The third kappa shape index (κ3) is 3.66. The average molecular weight is 668 g/mol. The highest BCUT2D eigenvalue weighted by Gasteiger charge is 2.25. The molecule has 51 heavy (non-hydrogen) atoms. The fourth-order valence-electron chi connectivity index (χ4n) is 8.37. The Kier molecular flexibility index (Phi) is 5.32. The molecule has 0 amide bonds. The zero-order valence-electron chi connectivity index (χ0n) is 27.1. The van der Waals surface area contributed by atoms with Crippen LogP contribution in [-0.4, -0.2) is 23.9 Å². The number of thiophene rings is 1. The lowest BCUT2D eigenvalue weighted by Gasteiger charge is -2.12. The molecule has 0 aliphatic rings. The molecule has 0 fully saturated rings. The third-order valence-electron chi connectivity index (χ3n) is 10.5. The first kappa shape index (κ1) is 27.2. The number of rotatable bonds is 4. The first-order valence-electron chi connectivity index (χ1n) is 17.1. The Morgan fingerprint density at radius 2 is 0.980 bits per heavy atom. The van der Waals surface area contributed by atoms with Crippen molar-refractivity contribution in [2.24, 2.45) is 0 Å². The van der Waals surface area contributed by atoms with E-state index in [1.165, 1.54) is 69.3 Å². The van der Waals surface area contributed by atoms with Gasteiger partial charge in [0.2, 0.25) is 0 Å². The molecule has 0 saturated carbocycles. The van der Waals surface area contributed by atoms with Crippen LogP contribution in [0.3, 0.4) is 0 Å². The summed E-state index contributed by atoms with van der Waals surface area (Å²) in [6, 6.07) is 53.8. The van der Waals surface area contributed by atoms with Gasteiger partial charge in [-0.15, -0.1) is 11.3 Å². The van der Waals surface area contributed by atoms with Crippen LogP contribution >= 0.6 is 11.3 Å². The molecular formula is C45H25N5S. The summed E-state index contributed by atoms with van der Waals surface area (Å²) in [5.74, 6) is 1.95. The molecule has 0 saturated heterocycles. The maximum absolute atomic E-state index is 5.05. The summed E-state index contributed by atoms with van der Waals surface area (Å²) in [5, 5.41) is 7.89. The van der Waals surface area contributed by atoms with Crippen molar-refractivity contribution in [3.8, 4) is 39.9 Å². The van der Waals surface area contributed by atoms with Crippen LogP contribution in [0.2, 0.25) is 0 Å². The van der Waals surface area contributed by atoms with Crippen molar-refractivity contribution < 1.29 is 0 Å². The summed E-state index contributed by atoms with van der Waals surface area (Å²) < 4.78 is 7.58. The molecule has 0 atom stereocenters. The molecule has 0 radical (unpaired) electrons. The number of nitrogens with zero attached hydrogens (tertiary/aromatic N) is 5.